The van der Waals surface area contributed by atoms with Crippen LogP contribution in [0.15, 0.2) is 41.4 Å². The first-order valence-corrected chi connectivity index (χ1v) is 15.0. The molecule has 0 bridgehead atoms. The summed E-state index contributed by atoms with van der Waals surface area (Å²) in [6, 6.07) is 3.83. The number of thioether (sulfide) groups is 1. The number of carbonyl (C=O) groups excluding carboxylic acids is 1. The summed E-state index contributed by atoms with van der Waals surface area (Å²) >= 11 is 1.82. The van der Waals surface area contributed by atoms with E-state index in [1.165, 1.54) is 4.24 Å². The van der Waals surface area contributed by atoms with E-state index < -0.39 is 17.4 Å². The maximum Gasteiger partial charge on any atom is 0.340 e. The molecule has 0 fully saturated rings. The third kappa shape index (κ3) is 5.76. The molecule has 0 aliphatic carbocycles. The second-order valence-corrected chi connectivity index (χ2v) is 17.2. The fraction of sp³-hybridized carbons (Fsp3) is 0.474. The molecule has 1 aromatic heterocycles. The van der Waals surface area contributed by atoms with Crippen molar-refractivity contribution in [3.05, 3.63) is 47.0 Å². The van der Waals surface area contributed by atoms with E-state index in [4.69, 9.17) is 4.74 Å². The van der Waals surface area contributed by atoms with Gasteiger partial charge in [0.1, 0.15) is 7.95 Å². The Morgan fingerprint density at radius 2 is 2.16 bits per heavy atom. The number of hydrogen-bond acceptors (Lipinski definition) is 4. The molecule has 0 N–H and O–H groups in total. The van der Waals surface area contributed by atoms with Crippen molar-refractivity contribution in [2.24, 2.45) is 0 Å². The van der Waals surface area contributed by atoms with E-state index in [0.717, 1.165) is 23.5 Å². The molecule has 0 saturated carbocycles. The predicted octanol–water partition coefficient (Wildman–Crippen LogP) is 5.33. The van der Waals surface area contributed by atoms with Crippen molar-refractivity contribution in [2.45, 2.75) is 33.4 Å². The fourth-order valence-corrected chi connectivity index (χ4v) is 11.3. The lowest BCUT2D eigenvalue weighted by Crippen LogP contribution is -2.21. The molecule has 1 rings (SSSR count). The van der Waals surface area contributed by atoms with Crippen molar-refractivity contribution in [3.8, 4) is 0 Å². The number of pyridine rings is 1. The predicted molar refractivity (Wildman–Crippen MR) is 117 cm³/mol. The monoisotopic (exact) mass is 396 g/mol. The van der Waals surface area contributed by atoms with E-state index in [2.05, 4.69) is 37.8 Å². The van der Waals surface area contributed by atoms with E-state index in [9.17, 15) is 4.79 Å². The molecule has 1 radical (unpaired) electrons. The van der Waals surface area contributed by atoms with Crippen LogP contribution in [0.4, 0.5) is 0 Å². The summed E-state index contributed by atoms with van der Waals surface area (Å²) in [7, 11) is -1.79. The number of esters is 1. The van der Waals surface area contributed by atoms with E-state index in [-0.39, 0.29) is 5.97 Å². The molecule has 0 spiro atoms. The molecule has 0 saturated heterocycles. The maximum absolute atomic E-state index is 12.9. The van der Waals surface area contributed by atoms with Gasteiger partial charge in [0.2, 0.25) is 0 Å². The molecule has 0 amide bonds. The molecule has 0 aliphatic heterocycles. The minimum Gasteiger partial charge on any atom is -0.462 e. The molecular weight excluding hydrogens is 366 g/mol. The zero-order valence-electron chi connectivity index (χ0n) is 16.0. The third-order valence-corrected chi connectivity index (χ3v) is 17.1. The van der Waals surface area contributed by atoms with Gasteiger partial charge in [0.25, 0.3) is 0 Å². The number of rotatable bonds is 10. The van der Waals surface area contributed by atoms with Crippen LogP contribution in [0, 0.1) is 0 Å². The van der Waals surface area contributed by atoms with E-state index >= 15 is 0 Å². The van der Waals surface area contributed by atoms with Crippen molar-refractivity contribution in [1.29, 1.82) is 0 Å². The Bertz CT molecular complexity index is 605. The molecule has 0 aliphatic rings. The first-order valence-electron chi connectivity index (χ1n) is 8.54. The summed E-state index contributed by atoms with van der Waals surface area (Å²) in [6.07, 6.45) is 8.92. The van der Waals surface area contributed by atoms with Crippen molar-refractivity contribution in [1.82, 2.24) is 4.98 Å². The molecule has 1 heterocycles. The minimum atomic E-state index is -1.13. The van der Waals surface area contributed by atoms with Gasteiger partial charge < -0.3 is 4.74 Å². The molecule has 25 heavy (non-hydrogen) atoms. The van der Waals surface area contributed by atoms with Gasteiger partial charge >= 0.3 is 5.97 Å². The number of nitrogens with zero attached hydrogens (tertiary/aromatic N) is 1. The highest BCUT2D eigenvalue weighted by Gasteiger charge is 2.33. The van der Waals surface area contributed by atoms with Crippen LogP contribution in [-0.4, -0.2) is 43.3 Å². The Balaban J connectivity index is 3.68. The lowest BCUT2D eigenvalue weighted by Gasteiger charge is -2.41. The van der Waals surface area contributed by atoms with Crippen LogP contribution in [0.1, 0.15) is 25.8 Å². The van der Waals surface area contributed by atoms with Crippen LogP contribution in [0.5, 0.6) is 0 Å². The van der Waals surface area contributed by atoms with Gasteiger partial charge in [0.15, 0.2) is 0 Å². The summed E-state index contributed by atoms with van der Waals surface area (Å²) in [4.78, 5) is 17.1. The highest BCUT2D eigenvalue weighted by molar-refractivity contribution is 8.61. The fourth-order valence-electron chi connectivity index (χ4n) is 2.32. The average Bonchev–Trinajstić information content (AvgIpc) is 2.59. The van der Waals surface area contributed by atoms with Crippen LogP contribution in [0.3, 0.4) is 0 Å². The van der Waals surface area contributed by atoms with Gasteiger partial charge in [0.05, 0.1) is 12.2 Å². The quantitative estimate of drug-likeness (QED) is 0.232. The van der Waals surface area contributed by atoms with E-state index in [0.29, 0.717) is 12.2 Å². The second kappa shape index (κ2) is 10.9. The molecule has 0 aromatic carbocycles. The van der Waals surface area contributed by atoms with Crippen LogP contribution in [-0.2, 0) is 9.53 Å². The van der Waals surface area contributed by atoms with Crippen LogP contribution in [0.2, 0.25) is 13.1 Å². The average molecular weight is 397 g/mol. The first kappa shape index (κ1) is 22.1. The minimum absolute atomic E-state index is 0.236. The Hall–Kier alpha value is -0.983. The summed E-state index contributed by atoms with van der Waals surface area (Å²) in [5.74, 6) is 1.69. The third-order valence-electron chi connectivity index (χ3n) is 3.83. The zero-order valence-corrected chi connectivity index (χ0v) is 18.6. The van der Waals surface area contributed by atoms with Gasteiger partial charge in [-0.3, -0.25) is 4.98 Å². The highest BCUT2D eigenvalue weighted by atomic mass is 32.5. The number of hydrogen-bond donors (Lipinski definition) is 0. The normalized spacial score (nSPS) is 15.9. The lowest BCUT2D eigenvalue weighted by molar-refractivity contribution is -0.136. The van der Waals surface area contributed by atoms with Crippen molar-refractivity contribution < 1.29 is 9.53 Å². The molecule has 1 unspecified atom stereocenters. The Morgan fingerprint density at radius 1 is 1.44 bits per heavy atom. The summed E-state index contributed by atoms with van der Waals surface area (Å²) < 4.78 is 6.64. The molecule has 1 aromatic rings. The Labute approximate surface area is 159 Å². The van der Waals surface area contributed by atoms with Crippen molar-refractivity contribution in [2.75, 3.05) is 24.4 Å². The zero-order chi connectivity index (χ0) is 18.9. The largest absolute Gasteiger partial charge is 0.462 e. The van der Waals surface area contributed by atoms with Gasteiger partial charge in [-0.25, -0.2) is 14.3 Å². The van der Waals surface area contributed by atoms with Gasteiger partial charge in [-0.15, -0.1) is 18.3 Å². The van der Waals surface area contributed by atoms with Crippen molar-refractivity contribution >= 4 is 40.7 Å². The standard InChI is InChI=1S/C19H30NO2S2Si/c1-7-13-23-19(24(4,14-8-2)25(5)6)17(18(21)22-9-3)16-11-10-12-20-15-16/h8,10-12,15H,2,7,9,13-14H2,1,3-6H3. The van der Waals surface area contributed by atoms with Gasteiger partial charge in [0, 0.05) is 22.2 Å². The summed E-state index contributed by atoms with van der Waals surface area (Å²) in [5, 5.41) is 0. The van der Waals surface area contributed by atoms with Crippen LogP contribution in [0.25, 0.3) is 5.57 Å². The highest BCUT2D eigenvalue weighted by Crippen LogP contribution is 2.61. The lowest BCUT2D eigenvalue weighted by atomic mass is 10.1. The van der Waals surface area contributed by atoms with Gasteiger partial charge in [-0.05, 0) is 37.2 Å². The number of carbonyl (C=O) groups is 1. The summed E-state index contributed by atoms with van der Waals surface area (Å²) in [6.45, 7) is 13.0. The van der Waals surface area contributed by atoms with E-state index in [1.54, 1.807) is 12.4 Å². The Kier molecular flexibility index (Phi) is 9.60. The smallest absolute Gasteiger partial charge is 0.340 e. The number of ether oxygens (including phenoxy) is 1. The van der Waals surface area contributed by atoms with Crippen LogP contribution < -0.4 is 0 Å². The van der Waals surface area contributed by atoms with Gasteiger partial charge in [-0.1, -0.05) is 32.2 Å². The van der Waals surface area contributed by atoms with Gasteiger partial charge in [-0.2, -0.15) is 0 Å². The van der Waals surface area contributed by atoms with E-state index in [1.807, 2.05) is 36.9 Å². The first-order chi connectivity index (χ1) is 11.9. The summed E-state index contributed by atoms with van der Waals surface area (Å²) in [5.41, 5.74) is 1.56. The maximum atomic E-state index is 12.9. The number of aromatic nitrogens is 1. The Morgan fingerprint density at radius 3 is 2.64 bits per heavy atom. The molecular formula is C19H30NO2S2Si. The SMILES string of the molecule is C=CCS(C)(C(SCCC)=C(C(=O)OCC)c1cccnc1)[Si](C)C. The van der Waals surface area contributed by atoms with Crippen molar-refractivity contribution in [3.63, 3.8) is 0 Å². The molecule has 6 heteroatoms. The van der Waals surface area contributed by atoms with Crippen LogP contribution >= 0.6 is 21.2 Å². The molecule has 139 valence electrons. The molecule has 3 nitrogen and oxygen atoms in total. The second-order valence-electron chi connectivity index (χ2n) is 5.92. The molecule has 1 atom stereocenters. The topological polar surface area (TPSA) is 39.2 Å².